The third-order valence-electron chi connectivity index (χ3n) is 3.87. The summed E-state index contributed by atoms with van der Waals surface area (Å²) in [7, 11) is 1.64. The molecule has 26 heavy (non-hydrogen) atoms. The summed E-state index contributed by atoms with van der Waals surface area (Å²) in [4.78, 5) is 17.6. The van der Waals surface area contributed by atoms with Gasteiger partial charge in [0, 0.05) is 17.9 Å². The minimum Gasteiger partial charge on any atom is -0.497 e. The Hall–Kier alpha value is -2.56. The second-order valence-electron chi connectivity index (χ2n) is 5.47. The van der Waals surface area contributed by atoms with Gasteiger partial charge < -0.3 is 9.30 Å². The number of nitrogens with zero attached hydrogens (tertiary/aromatic N) is 3. The minimum absolute atomic E-state index is 0.314. The quantitative estimate of drug-likeness (QED) is 0.674. The van der Waals surface area contributed by atoms with E-state index in [4.69, 9.17) is 10.00 Å². The van der Waals surface area contributed by atoms with E-state index >= 15 is 0 Å². The van der Waals surface area contributed by atoms with E-state index in [0.29, 0.717) is 15.9 Å². The van der Waals surface area contributed by atoms with Crippen LogP contribution < -0.4 is 9.54 Å². The van der Waals surface area contributed by atoms with E-state index in [2.05, 4.69) is 15.8 Å². The summed E-state index contributed by atoms with van der Waals surface area (Å²) < 4.78 is 8.39. The van der Waals surface area contributed by atoms with Crippen molar-refractivity contribution in [3.63, 3.8) is 0 Å². The number of benzene rings is 2. The number of aromatic nitrogens is 1. The lowest BCUT2D eigenvalue weighted by molar-refractivity contribution is 0.0998. The molecule has 0 spiro atoms. The van der Waals surface area contributed by atoms with Gasteiger partial charge in [0.15, 0.2) is 4.80 Å². The average molecular weight is 383 g/mol. The van der Waals surface area contributed by atoms with Crippen molar-refractivity contribution in [3.05, 3.63) is 58.4 Å². The van der Waals surface area contributed by atoms with Crippen molar-refractivity contribution in [3.8, 4) is 11.8 Å². The van der Waals surface area contributed by atoms with Gasteiger partial charge in [-0.3, -0.25) is 4.79 Å². The fourth-order valence-corrected chi connectivity index (χ4v) is 3.95. The summed E-state index contributed by atoms with van der Waals surface area (Å²) >= 11 is 3.21. The molecule has 0 aliphatic carbocycles. The second kappa shape index (κ2) is 8.21. The van der Waals surface area contributed by atoms with Crippen molar-refractivity contribution in [1.29, 1.82) is 5.26 Å². The van der Waals surface area contributed by atoms with E-state index in [0.717, 1.165) is 28.3 Å². The zero-order chi connectivity index (χ0) is 18.5. The van der Waals surface area contributed by atoms with Gasteiger partial charge in [-0.05, 0) is 48.7 Å². The molecule has 1 amide bonds. The summed E-state index contributed by atoms with van der Waals surface area (Å²) in [6.45, 7) is 0.771. The first-order valence-electron chi connectivity index (χ1n) is 7.92. The monoisotopic (exact) mass is 383 g/mol. The van der Waals surface area contributed by atoms with Crippen LogP contribution in [0.25, 0.3) is 10.2 Å². The molecule has 7 heteroatoms. The lowest BCUT2D eigenvalue weighted by Crippen LogP contribution is -2.18. The van der Waals surface area contributed by atoms with E-state index in [1.54, 1.807) is 43.1 Å². The van der Waals surface area contributed by atoms with Crippen LogP contribution in [-0.4, -0.2) is 29.6 Å². The topological polar surface area (TPSA) is 67.4 Å². The van der Waals surface area contributed by atoms with Gasteiger partial charge in [0.2, 0.25) is 0 Å². The first-order valence-corrected chi connectivity index (χ1v) is 10.1. The van der Waals surface area contributed by atoms with E-state index < -0.39 is 0 Å². The Balaban J connectivity index is 2.07. The van der Waals surface area contributed by atoms with Crippen molar-refractivity contribution >= 4 is 39.2 Å². The fraction of sp³-hybridized carbons (Fsp3) is 0.211. The Kier molecular flexibility index (Phi) is 5.76. The van der Waals surface area contributed by atoms with Crippen LogP contribution in [0.15, 0.2) is 47.5 Å². The van der Waals surface area contributed by atoms with Gasteiger partial charge in [-0.1, -0.05) is 11.3 Å². The number of hydrogen-bond acceptors (Lipinski definition) is 5. The van der Waals surface area contributed by atoms with Crippen molar-refractivity contribution in [1.82, 2.24) is 4.57 Å². The predicted molar refractivity (Wildman–Crippen MR) is 106 cm³/mol. The number of methoxy groups -OCH3 is 1. The summed E-state index contributed by atoms with van der Waals surface area (Å²) in [6.07, 6.45) is 2.05. The lowest BCUT2D eigenvalue weighted by atomic mass is 10.1. The number of thioether (sulfide) groups is 1. The molecule has 1 aromatic heterocycles. The number of nitriles is 1. The van der Waals surface area contributed by atoms with Crippen LogP contribution >= 0.6 is 23.1 Å². The summed E-state index contributed by atoms with van der Waals surface area (Å²) in [5, 5.41) is 8.87. The zero-order valence-electron chi connectivity index (χ0n) is 14.4. The van der Waals surface area contributed by atoms with E-state index in [1.165, 1.54) is 11.3 Å². The van der Waals surface area contributed by atoms with Crippen molar-refractivity contribution in [2.45, 2.75) is 6.54 Å². The zero-order valence-corrected chi connectivity index (χ0v) is 16.1. The molecule has 0 saturated heterocycles. The standard InChI is InChI=1S/C19H17N3O2S2/c1-24-15-7-8-16-17(11-15)26-19(22(16)9-10-25-2)21-18(23)14-5-3-13(12-20)4-6-14/h3-8,11H,9-10H2,1-2H3. The second-order valence-corrected chi connectivity index (χ2v) is 7.46. The van der Waals surface area contributed by atoms with Gasteiger partial charge in [-0.15, -0.1) is 0 Å². The largest absolute Gasteiger partial charge is 0.497 e. The molecule has 0 fully saturated rings. The maximum Gasteiger partial charge on any atom is 0.279 e. The molecule has 3 aromatic rings. The molecule has 0 aliphatic heterocycles. The molecule has 0 N–H and O–H groups in total. The van der Waals surface area contributed by atoms with E-state index in [9.17, 15) is 4.79 Å². The third-order valence-corrected chi connectivity index (χ3v) is 5.50. The van der Waals surface area contributed by atoms with Crippen LogP contribution in [0, 0.1) is 11.3 Å². The van der Waals surface area contributed by atoms with Crippen molar-refractivity contribution < 1.29 is 9.53 Å². The molecule has 0 saturated carbocycles. The number of ether oxygens (including phenoxy) is 1. The summed E-state index contributed by atoms with van der Waals surface area (Å²) in [5.41, 5.74) is 2.03. The van der Waals surface area contributed by atoms with Crippen molar-refractivity contribution in [2.75, 3.05) is 19.1 Å². The number of aryl methyl sites for hydroxylation is 1. The van der Waals surface area contributed by atoms with Crippen LogP contribution in [0.5, 0.6) is 5.75 Å². The van der Waals surface area contributed by atoms with Crippen LogP contribution in [0.1, 0.15) is 15.9 Å². The minimum atomic E-state index is -0.314. The number of amides is 1. The Labute approximate surface area is 159 Å². The molecule has 0 unspecified atom stereocenters. The van der Waals surface area contributed by atoms with Crippen LogP contribution in [0.3, 0.4) is 0 Å². The highest BCUT2D eigenvalue weighted by Gasteiger charge is 2.10. The molecule has 2 aromatic carbocycles. The highest BCUT2D eigenvalue weighted by Crippen LogP contribution is 2.23. The Morgan fingerprint density at radius 3 is 2.73 bits per heavy atom. The molecule has 5 nitrogen and oxygen atoms in total. The van der Waals surface area contributed by atoms with Crippen LogP contribution in [-0.2, 0) is 6.54 Å². The summed E-state index contributed by atoms with van der Waals surface area (Å²) in [5.74, 6) is 1.39. The number of hydrogen-bond donors (Lipinski definition) is 0. The van der Waals surface area contributed by atoms with Gasteiger partial charge in [0.05, 0.1) is 29.0 Å². The summed E-state index contributed by atoms with van der Waals surface area (Å²) in [6, 6.07) is 14.4. The number of carbonyl (C=O) groups excluding carboxylic acids is 1. The molecule has 1 heterocycles. The molecular weight excluding hydrogens is 366 g/mol. The lowest BCUT2D eigenvalue weighted by Gasteiger charge is -2.04. The molecule has 132 valence electrons. The Morgan fingerprint density at radius 2 is 2.08 bits per heavy atom. The van der Waals surface area contributed by atoms with Gasteiger partial charge in [-0.25, -0.2) is 0 Å². The normalized spacial score (nSPS) is 11.5. The fourth-order valence-electron chi connectivity index (χ4n) is 2.50. The molecule has 0 bridgehead atoms. The number of rotatable bonds is 5. The highest BCUT2D eigenvalue weighted by molar-refractivity contribution is 7.98. The number of fused-ring (bicyclic) bond motifs is 1. The van der Waals surface area contributed by atoms with Crippen molar-refractivity contribution in [2.24, 2.45) is 4.99 Å². The first-order chi connectivity index (χ1) is 12.7. The average Bonchev–Trinajstić information content (AvgIpc) is 3.02. The first kappa shape index (κ1) is 18.2. The Bertz CT molecular complexity index is 1040. The van der Waals surface area contributed by atoms with E-state index in [1.807, 2.05) is 24.3 Å². The number of carbonyl (C=O) groups is 1. The Morgan fingerprint density at radius 1 is 1.31 bits per heavy atom. The molecular formula is C19H17N3O2S2. The van der Waals surface area contributed by atoms with Crippen LogP contribution in [0.4, 0.5) is 0 Å². The van der Waals surface area contributed by atoms with E-state index in [-0.39, 0.29) is 5.91 Å². The number of thiazole rings is 1. The molecule has 0 aliphatic rings. The predicted octanol–water partition coefficient (Wildman–Crippen LogP) is 3.69. The third kappa shape index (κ3) is 3.82. The smallest absolute Gasteiger partial charge is 0.279 e. The maximum absolute atomic E-state index is 12.6. The van der Waals surface area contributed by atoms with Gasteiger partial charge in [0.1, 0.15) is 5.75 Å². The molecule has 0 atom stereocenters. The molecule has 3 rings (SSSR count). The van der Waals surface area contributed by atoms with Gasteiger partial charge in [-0.2, -0.15) is 22.0 Å². The SMILES string of the molecule is COc1ccc2c(c1)sc(=NC(=O)c1ccc(C#N)cc1)n2CCSC. The van der Waals surface area contributed by atoms with Gasteiger partial charge >= 0.3 is 0 Å². The van der Waals surface area contributed by atoms with Gasteiger partial charge in [0.25, 0.3) is 5.91 Å². The maximum atomic E-state index is 12.6. The van der Waals surface area contributed by atoms with Crippen LogP contribution in [0.2, 0.25) is 0 Å². The molecule has 0 radical (unpaired) electrons. The highest BCUT2D eigenvalue weighted by atomic mass is 32.2.